The van der Waals surface area contributed by atoms with Crippen LogP contribution in [0.1, 0.15) is 5.56 Å². The van der Waals surface area contributed by atoms with Crippen LogP contribution in [0, 0.1) is 0 Å². The number of amidine groups is 1. The van der Waals surface area contributed by atoms with E-state index in [0.29, 0.717) is 17.9 Å². The molecule has 0 aliphatic carbocycles. The zero-order valence-electron chi connectivity index (χ0n) is 10.1. The van der Waals surface area contributed by atoms with Crippen molar-refractivity contribution in [2.75, 3.05) is 0 Å². The lowest BCUT2D eigenvalue weighted by atomic mass is 10.2. The van der Waals surface area contributed by atoms with Gasteiger partial charge in [0.05, 0.1) is 12.1 Å². The highest BCUT2D eigenvalue weighted by Gasteiger charge is 2.23. The fourth-order valence-corrected chi connectivity index (χ4v) is 2.17. The number of aromatic nitrogens is 2. The summed E-state index contributed by atoms with van der Waals surface area (Å²) in [5.74, 6) is 1.20. The van der Waals surface area contributed by atoms with Crippen LogP contribution in [0.5, 0.6) is 0 Å². The molecule has 2 aliphatic heterocycles. The van der Waals surface area contributed by atoms with Gasteiger partial charge in [-0.15, -0.1) is 0 Å². The molecule has 6 nitrogen and oxygen atoms in total. The quantitative estimate of drug-likeness (QED) is 0.646. The maximum Gasteiger partial charge on any atom is 0.332 e. The predicted molar refractivity (Wildman–Crippen MR) is 67.8 cm³/mol. The van der Waals surface area contributed by atoms with Gasteiger partial charge in [-0.1, -0.05) is 6.08 Å². The Morgan fingerprint density at radius 1 is 1.17 bits per heavy atom. The van der Waals surface area contributed by atoms with E-state index in [9.17, 15) is 9.59 Å². The number of nitrogens with zero attached hydrogens (tertiary/aromatic N) is 4. The molecule has 2 aliphatic rings. The summed E-state index contributed by atoms with van der Waals surface area (Å²) < 4.78 is 2.52. The van der Waals surface area contributed by atoms with Gasteiger partial charge >= 0.3 is 5.69 Å². The second kappa shape index (κ2) is 3.56. The molecule has 18 heavy (non-hydrogen) atoms. The highest BCUT2D eigenvalue weighted by molar-refractivity contribution is 5.97. The predicted octanol–water partition coefficient (Wildman–Crippen LogP) is 0.0131. The summed E-state index contributed by atoms with van der Waals surface area (Å²) in [6, 6.07) is 0. The summed E-state index contributed by atoms with van der Waals surface area (Å²) in [5, 5.41) is 0. The molecule has 0 spiro atoms. The molecule has 6 heteroatoms. The van der Waals surface area contributed by atoms with Crippen LogP contribution in [0.4, 0.5) is 5.82 Å². The van der Waals surface area contributed by atoms with E-state index in [-0.39, 0.29) is 11.2 Å². The zero-order valence-corrected chi connectivity index (χ0v) is 10.1. The molecule has 0 fully saturated rings. The lowest BCUT2D eigenvalue weighted by molar-refractivity contribution is 0.521. The number of hydrogen-bond donors (Lipinski definition) is 0. The van der Waals surface area contributed by atoms with Gasteiger partial charge in [0.2, 0.25) is 0 Å². The number of rotatable bonds is 0. The first-order valence-corrected chi connectivity index (χ1v) is 5.58. The van der Waals surface area contributed by atoms with E-state index < -0.39 is 0 Å². The third kappa shape index (κ3) is 1.32. The largest absolute Gasteiger partial charge is 0.332 e. The van der Waals surface area contributed by atoms with Crippen molar-refractivity contribution in [1.82, 2.24) is 14.0 Å². The van der Waals surface area contributed by atoms with Crippen LogP contribution in [0.15, 0.2) is 39.0 Å². The lowest BCUT2D eigenvalue weighted by Gasteiger charge is -2.27. The van der Waals surface area contributed by atoms with Crippen LogP contribution in [0.3, 0.4) is 0 Å². The summed E-state index contributed by atoms with van der Waals surface area (Å²) in [4.78, 5) is 30.2. The number of fused-ring (bicyclic) bond motifs is 2. The Labute approximate surface area is 103 Å². The highest BCUT2D eigenvalue weighted by Crippen LogP contribution is 2.23. The van der Waals surface area contributed by atoms with E-state index in [1.165, 1.54) is 11.6 Å². The van der Waals surface area contributed by atoms with E-state index in [1.807, 2.05) is 29.3 Å². The molecule has 92 valence electrons. The molecule has 0 amide bonds. The summed E-state index contributed by atoms with van der Waals surface area (Å²) in [6.07, 6.45) is 7.48. The van der Waals surface area contributed by atoms with Crippen LogP contribution in [0.2, 0.25) is 0 Å². The molecule has 1 aromatic rings. The third-order valence-corrected chi connectivity index (χ3v) is 3.19. The first kappa shape index (κ1) is 10.8. The van der Waals surface area contributed by atoms with Crippen molar-refractivity contribution < 1.29 is 0 Å². The first-order chi connectivity index (χ1) is 8.59. The molecule has 0 aromatic carbocycles. The lowest BCUT2D eigenvalue weighted by Crippen LogP contribution is -2.42. The van der Waals surface area contributed by atoms with Crippen molar-refractivity contribution in [2.45, 2.75) is 6.54 Å². The molecule has 0 saturated heterocycles. The van der Waals surface area contributed by atoms with Gasteiger partial charge in [0.1, 0.15) is 11.7 Å². The second-order valence-electron chi connectivity index (χ2n) is 4.31. The fourth-order valence-electron chi connectivity index (χ4n) is 2.17. The molecule has 3 heterocycles. The Bertz CT molecular complexity index is 734. The maximum absolute atomic E-state index is 12.1. The van der Waals surface area contributed by atoms with Crippen molar-refractivity contribution in [3.05, 3.63) is 50.8 Å². The molecule has 3 rings (SSSR count). The van der Waals surface area contributed by atoms with Crippen molar-refractivity contribution in [3.8, 4) is 0 Å². The monoisotopic (exact) mass is 244 g/mol. The molecule has 0 atom stereocenters. The topological polar surface area (TPSA) is 59.6 Å². The van der Waals surface area contributed by atoms with E-state index in [2.05, 4.69) is 4.99 Å². The smallest absolute Gasteiger partial charge is 0.328 e. The Kier molecular flexibility index (Phi) is 2.13. The second-order valence-corrected chi connectivity index (χ2v) is 4.31. The molecule has 0 radical (unpaired) electrons. The highest BCUT2D eigenvalue weighted by atomic mass is 16.2. The summed E-state index contributed by atoms with van der Waals surface area (Å²) >= 11 is 0. The number of hydrogen-bond acceptors (Lipinski definition) is 4. The van der Waals surface area contributed by atoms with E-state index in [1.54, 1.807) is 7.05 Å². The van der Waals surface area contributed by atoms with Gasteiger partial charge in [0, 0.05) is 20.3 Å². The third-order valence-electron chi connectivity index (χ3n) is 3.19. The van der Waals surface area contributed by atoms with Crippen LogP contribution in [-0.2, 0) is 20.6 Å². The Morgan fingerprint density at radius 3 is 2.72 bits per heavy atom. The Hall–Kier alpha value is -2.37. The molecule has 0 unspecified atom stereocenters. The summed E-state index contributed by atoms with van der Waals surface area (Å²) in [7, 11) is 3.11. The number of allylic oxidation sites excluding steroid dienone is 2. The van der Waals surface area contributed by atoms with Gasteiger partial charge in [-0.05, 0) is 12.2 Å². The van der Waals surface area contributed by atoms with Crippen molar-refractivity contribution >= 4 is 11.7 Å². The normalized spacial score (nSPS) is 16.3. The van der Waals surface area contributed by atoms with Gasteiger partial charge < -0.3 is 4.90 Å². The summed E-state index contributed by atoms with van der Waals surface area (Å²) in [6.45, 7) is 0.440. The minimum Gasteiger partial charge on any atom is -0.328 e. The van der Waals surface area contributed by atoms with Crippen LogP contribution >= 0.6 is 0 Å². The van der Waals surface area contributed by atoms with Gasteiger partial charge in [-0.2, -0.15) is 0 Å². The van der Waals surface area contributed by atoms with Gasteiger partial charge in [-0.25, -0.2) is 9.79 Å². The van der Waals surface area contributed by atoms with E-state index in [0.717, 1.165) is 10.4 Å². The van der Waals surface area contributed by atoms with Gasteiger partial charge in [0.25, 0.3) is 5.56 Å². The molecular formula is C12H12N4O2. The average Bonchev–Trinajstić information content (AvgIpc) is 2.41. The molecule has 0 saturated carbocycles. The van der Waals surface area contributed by atoms with E-state index >= 15 is 0 Å². The molecule has 1 aromatic heterocycles. The van der Waals surface area contributed by atoms with Crippen LogP contribution in [-0.4, -0.2) is 19.9 Å². The minimum absolute atomic E-state index is 0.279. The van der Waals surface area contributed by atoms with Crippen molar-refractivity contribution in [3.63, 3.8) is 0 Å². The standard InChI is InChI=1S/C12H12N4O2/c1-14-10-8(11(17)15(2)12(14)18)7-16-6-4-3-5-9(16)13-10/h3-6H,7H2,1-2H3. The van der Waals surface area contributed by atoms with Gasteiger partial charge in [-0.3, -0.25) is 13.9 Å². The van der Waals surface area contributed by atoms with Gasteiger partial charge in [0.15, 0.2) is 0 Å². The van der Waals surface area contributed by atoms with E-state index in [4.69, 9.17) is 0 Å². The SMILES string of the molecule is Cn1c2c(c(=O)n(C)c1=O)CN1C=CC=CC1=N2. The minimum atomic E-state index is -0.355. The van der Waals surface area contributed by atoms with Crippen LogP contribution < -0.4 is 11.2 Å². The molecular weight excluding hydrogens is 232 g/mol. The number of aliphatic imine (C=N–C) groups is 1. The Balaban J connectivity index is 2.34. The maximum atomic E-state index is 12.1. The van der Waals surface area contributed by atoms with Crippen molar-refractivity contribution in [1.29, 1.82) is 0 Å². The molecule has 0 N–H and O–H groups in total. The average molecular weight is 244 g/mol. The van der Waals surface area contributed by atoms with Crippen LogP contribution in [0.25, 0.3) is 0 Å². The molecule has 0 bridgehead atoms. The summed E-state index contributed by atoms with van der Waals surface area (Å²) in [5.41, 5.74) is -0.0889. The first-order valence-electron chi connectivity index (χ1n) is 5.58. The van der Waals surface area contributed by atoms with Crippen molar-refractivity contribution in [2.24, 2.45) is 19.1 Å². The zero-order chi connectivity index (χ0) is 12.9. The fraction of sp³-hybridized carbons (Fsp3) is 0.250. The Morgan fingerprint density at radius 2 is 1.94 bits per heavy atom.